The van der Waals surface area contributed by atoms with Gasteiger partial charge in [-0.1, -0.05) is 91.0 Å². The third-order valence-corrected chi connectivity index (χ3v) is 4.87. The van der Waals surface area contributed by atoms with Gasteiger partial charge in [0, 0.05) is 5.56 Å². The van der Waals surface area contributed by atoms with Crippen LogP contribution < -0.4 is 0 Å². The van der Waals surface area contributed by atoms with Gasteiger partial charge in [-0.25, -0.2) is 4.98 Å². The zero-order valence-electron chi connectivity index (χ0n) is 14.8. The molecule has 0 amide bonds. The van der Waals surface area contributed by atoms with Crippen LogP contribution >= 0.6 is 0 Å². The van der Waals surface area contributed by atoms with Crippen LogP contribution in [-0.4, -0.2) is 9.97 Å². The Morgan fingerprint density at radius 3 is 1.52 bits per heavy atom. The summed E-state index contributed by atoms with van der Waals surface area (Å²) < 4.78 is 0. The predicted molar refractivity (Wildman–Crippen MR) is 112 cm³/mol. The van der Waals surface area contributed by atoms with Crippen LogP contribution in [0.3, 0.4) is 0 Å². The number of nitrogens with zero attached hydrogens (tertiary/aromatic N) is 1. The first kappa shape index (κ1) is 15.6. The lowest BCUT2D eigenvalue weighted by molar-refractivity contribution is 1.34. The molecule has 0 atom stereocenters. The molecular weight excluding hydrogens is 328 g/mol. The second kappa shape index (κ2) is 6.58. The minimum absolute atomic E-state index is 0.905. The SMILES string of the molecule is c1ccc(-c2ccc(-c3ccc(-c4nc5ccccc5[nH]4)cc3)cc2)cc1. The Bertz CT molecular complexity index is 1150. The van der Waals surface area contributed by atoms with Crippen molar-refractivity contribution in [3.05, 3.63) is 103 Å². The summed E-state index contributed by atoms with van der Waals surface area (Å²) in [5.41, 5.74) is 8.04. The van der Waals surface area contributed by atoms with E-state index in [0.717, 1.165) is 22.4 Å². The number of H-pyrrole nitrogens is 1. The zero-order chi connectivity index (χ0) is 18.1. The number of benzene rings is 4. The van der Waals surface area contributed by atoms with Crippen LogP contribution in [0.25, 0.3) is 44.7 Å². The number of fused-ring (bicyclic) bond motifs is 1. The third-order valence-electron chi connectivity index (χ3n) is 4.87. The van der Waals surface area contributed by atoms with Crippen LogP contribution in [0.15, 0.2) is 103 Å². The van der Waals surface area contributed by atoms with Crippen LogP contribution in [0.4, 0.5) is 0 Å². The van der Waals surface area contributed by atoms with Crippen LogP contribution in [-0.2, 0) is 0 Å². The molecule has 4 aromatic carbocycles. The molecular formula is C25H18N2. The molecule has 0 radical (unpaired) electrons. The largest absolute Gasteiger partial charge is 0.338 e. The number of rotatable bonds is 3. The lowest BCUT2D eigenvalue weighted by Gasteiger charge is -2.06. The monoisotopic (exact) mass is 346 g/mol. The van der Waals surface area contributed by atoms with Crippen molar-refractivity contribution in [2.24, 2.45) is 0 Å². The number of hydrogen-bond acceptors (Lipinski definition) is 1. The molecule has 5 rings (SSSR count). The summed E-state index contributed by atoms with van der Waals surface area (Å²) in [6.07, 6.45) is 0. The smallest absolute Gasteiger partial charge is 0.138 e. The first-order valence-corrected chi connectivity index (χ1v) is 9.08. The van der Waals surface area contributed by atoms with Crippen molar-refractivity contribution in [3.63, 3.8) is 0 Å². The summed E-state index contributed by atoms with van der Waals surface area (Å²) in [7, 11) is 0. The van der Waals surface area contributed by atoms with Crippen molar-refractivity contribution in [2.75, 3.05) is 0 Å². The van der Waals surface area contributed by atoms with E-state index in [-0.39, 0.29) is 0 Å². The lowest BCUT2D eigenvalue weighted by Crippen LogP contribution is -1.83. The van der Waals surface area contributed by atoms with Crippen molar-refractivity contribution >= 4 is 11.0 Å². The Labute approximate surface area is 158 Å². The average Bonchev–Trinajstić information content (AvgIpc) is 3.19. The second-order valence-corrected chi connectivity index (χ2v) is 6.62. The maximum atomic E-state index is 4.67. The van der Waals surface area contributed by atoms with E-state index in [0.29, 0.717) is 0 Å². The summed E-state index contributed by atoms with van der Waals surface area (Å²) >= 11 is 0. The quantitative estimate of drug-likeness (QED) is 0.393. The summed E-state index contributed by atoms with van der Waals surface area (Å²) in [5.74, 6) is 0.905. The van der Waals surface area contributed by atoms with Crippen molar-refractivity contribution in [3.8, 4) is 33.6 Å². The third kappa shape index (κ3) is 3.02. The molecule has 1 N–H and O–H groups in total. The van der Waals surface area contributed by atoms with E-state index in [4.69, 9.17) is 0 Å². The van der Waals surface area contributed by atoms with Gasteiger partial charge in [0.25, 0.3) is 0 Å². The number of aromatic nitrogens is 2. The van der Waals surface area contributed by atoms with Gasteiger partial charge in [0.05, 0.1) is 11.0 Å². The molecule has 0 saturated carbocycles. The van der Waals surface area contributed by atoms with Crippen molar-refractivity contribution in [1.29, 1.82) is 0 Å². The molecule has 2 heteroatoms. The highest BCUT2D eigenvalue weighted by Gasteiger charge is 2.06. The Balaban J connectivity index is 1.43. The highest BCUT2D eigenvalue weighted by Crippen LogP contribution is 2.27. The van der Waals surface area contributed by atoms with E-state index in [2.05, 4.69) is 88.8 Å². The summed E-state index contributed by atoms with van der Waals surface area (Å²) in [5, 5.41) is 0. The summed E-state index contributed by atoms with van der Waals surface area (Å²) in [4.78, 5) is 8.06. The fourth-order valence-electron chi connectivity index (χ4n) is 3.40. The average molecular weight is 346 g/mol. The van der Waals surface area contributed by atoms with E-state index in [9.17, 15) is 0 Å². The summed E-state index contributed by atoms with van der Waals surface area (Å²) in [6.45, 7) is 0. The van der Waals surface area contributed by atoms with Gasteiger partial charge in [-0.3, -0.25) is 0 Å². The van der Waals surface area contributed by atoms with E-state index in [1.165, 1.54) is 22.3 Å². The maximum Gasteiger partial charge on any atom is 0.138 e. The van der Waals surface area contributed by atoms with E-state index >= 15 is 0 Å². The Kier molecular flexibility index (Phi) is 3.80. The number of aromatic amines is 1. The highest BCUT2D eigenvalue weighted by atomic mass is 14.9. The molecule has 0 spiro atoms. The van der Waals surface area contributed by atoms with Gasteiger partial charge >= 0.3 is 0 Å². The first-order valence-electron chi connectivity index (χ1n) is 9.08. The molecule has 0 saturated heterocycles. The molecule has 0 aliphatic heterocycles. The predicted octanol–water partition coefficient (Wildman–Crippen LogP) is 6.56. The van der Waals surface area contributed by atoms with Gasteiger partial charge in [-0.15, -0.1) is 0 Å². The van der Waals surface area contributed by atoms with E-state index < -0.39 is 0 Å². The van der Waals surface area contributed by atoms with Crippen LogP contribution in [0, 0.1) is 0 Å². The topological polar surface area (TPSA) is 28.7 Å². The van der Waals surface area contributed by atoms with Gasteiger partial charge in [-0.2, -0.15) is 0 Å². The van der Waals surface area contributed by atoms with Crippen LogP contribution in [0.5, 0.6) is 0 Å². The highest BCUT2D eigenvalue weighted by molar-refractivity contribution is 5.80. The molecule has 0 fully saturated rings. The molecule has 0 aliphatic carbocycles. The van der Waals surface area contributed by atoms with Crippen LogP contribution in [0.1, 0.15) is 0 Å². The van der Waals surface area contributed by atoms with Crippen molar-refractivity contribution in [2.45, 2.75) is 0 Å². The first-order chi connectivity index (χ1) is 13.4. The van der Waals surface area contributed by atoms with Gasteiger partial charge in [0.1, 0.15) is 5.82 Å². The van der Waals surface area contributed by atoms with E-state index in [1.54, 1.807) is 0 Å². The number of nitrogens with one attached hydrogen (secondary N) is 1. The molecule has 128 valence electrons. The van der Waals surface area contributed by atoms with Crippen molar-refractivity contribution in [1.82, 2.24) is 9.97 Å². The van der Waals surface area contributed by atoms with Gasteiger partial charge < -0.3 is 4.98 Å². The normalized spacial score (nSPS) is 11.0. The van der Waals surface area contributed by atoms with Crippen molar-refractivity contribution < 1.29 is 0 Å². The fourth-order valence-corrected chi connectivity index (χ4v) is 3.40. The molecule has 2 nitrogen and oxygen atoms in total. The zero-order valence-corrected chi connectivity index (χ0v) is 14.8. The standard InChI is InChI=1S/C25H18N2/c1-2-6-18(7-3-1)19-10-12-20(13-11-19)21-14-16-22(17-15-21)25-26-23-8-4-5-9-24(23)27-25/h1-17H,(H,26,27). The number of para-hydroxylation sites is 2. The molecule has 0 bridgehead atoms. The van der Waals surface area contributed by atoms with Gasteiger partial charge in [0.2, 0.25) is 0 Å². The Morgan fingerprint density at radius 2 is 0.926 bits per heavy atom. The van der Waals surface area contributed by atoms with Gasteiger partial charge in [-0.05, 0) is 34.4 Å². The maximum absolute atomic E-state index is 4.67. The Hall–Kier alpha value is -3.65. The number of hydrogen-bond donors (Lipinski definition) is 1. The summed E-state index contributed by atoms with van der Waals surface area (Å²) in [6, 6.07) is 35.8. The molecule has 0 unspecified atom stereocenters. The second-order valence-electron chi connectivity index (χ2n) is 6.62. The Morgan fingerprint density at radius 1 is 0.444 bits per heavy atom. The minimum Gasteiger partial charge on any atom is -0.338 e. The fraction of sp³-hybridized carbons (Fsp3) is 0. The molecule has 5 aromatic rings. The van der Waals surface area contributed by atoms with Gasteiger partial charge in [0.15, 0.2) is 0 Å². The molecule has 1 aromatic heterocycles. The molecule has 1 heterocycles. The van der Waals surface area contributed by atoms with Crippen LogP contribution in [0.2, 0.25) is 0 Å². The van der Waals surface area contributed by atoms with E-state index in [1.807, 2.05) is 24.3 Å². The lowest BCUT2D eigenvalue weighted by atomic mass is 9.99. The minimum atomic E-state index is 0.905. The number of imidazole rings is 1. The molecule has 0 aliphatic rings. The molecule has 27 heavy (non-hydrogen) atoms.